The lowest BCUT2D eigenvalue weighted by molar-refractivity contribution is 0.444. The molecule has 2 heterocycles. The van der Waals surface area contributed by atoms with E-state index in [0.29, 0.717) is 21.8 Å². The third-order valence-electron chi connectivity index (χ3n) is 4.36. The number of rotatable bonds is 3. The van der Waals surface area contributed by atoms with E-state index in [9.17, 15) is 12.8 Å². The lowest BCUT2D eigenvalue weighted by Gasteiger charge is -2.33. The van der Waals surface area contributed by atoms with Gasteiger partial charge in [0.2, 0.25) is 0 Å². The summed E-state index contributed by atoms with van der Waals surface area (Å²) in [6.45, 7) is 0. The van der Waals surface area contributed by atoms with Crippen LogP contribution >= 0.6 is 39.1 Å². The van der Waals surface area contributed by atoms with Crippen molar-refractivity contribution in [3.63, 3.8) is 0 Å². The Kier molecular flexibility index (Phi) is 4.99. The smallest absolute Gasteiger partial charge is 0.266 e. The van der Waals surface area contributed by atoms with Gasteiger partial charge in [0, 0.05) is 16.8 Å². The molecule has 10 heteroatoms. The Bertz CT molecular complexity index is 1210. The summed E-state index contributed by atoms with van der Waals surface area (Å²) in [5.74, 6) is -0.501. The zero-order valence-corrected chi connectivity index (χ0v) is 17.8. The summed E-state index contributed by atoms with van der Waals surface area (Å²) in [5, 5.41) is 7.13. The first kappa shape index (κ1) is 19.4. The van der Waals surface area contributed by atoms with Gasteiger partial charge in [-0.15, -0.1) is 0 Å². The summed E-state index contributed by atoms with van der Waals surface area (Å²) in [4.78, 5) is -0.104. The Morgan fingerprint density at radius 1 is 1.18 bits per heavy atom. The molecule has 1 aliphatic heterocycles. The van der Waals surface area contributed by atoms with E-state index in [0.717, 1.165) is 4.31 Å². The molecule has 0 spiro atoms. The maximum Gasteiger partial charge on any atom is 0.266 e. The summed E-state index contributed by atoms with van der Waals surface area (Å²) >= 11 is 15.3. The van der Waals surface area contributed by atoms with Gasteiger partial charge in [-0.05, 0) is 51.8 Å². The largest absolute Gasteiger partial charge is 0.278 e. The number of aromatic amines is 1. The second kappa shape index (κ2) is 7.18. The van der Waals surface area contributed by atoms with Gasteiger partial charge in [-0.2, -0.15) is 5.10 Å². The number of sulfonamides is 1. The molecule has 0 amide bonds. The molecule has 1 aliphatic rings. The number of hydrogen-bond acceptors (Lipinski definition) is 3. The molecule has 5 nitrogen and oxygen atoms in total. The summed E-state index contributed by atoms with van der Waals surface area (Å²) in [6.07, 6.45) is 4.52. The number of H-pyrrole nitrogens is 1. The number of halogens is 4. The van der Waals surface area contributed by atoms with Gasteiger partial charge in [0.1, 0.15) is 10.7 Å². The fraction of sp³-hybridized carbons (Fsp3) is 0.0556. The minimum absolute atomic E-state index is 0.00375. The van der Waals surface area contributed by atoms with Crippen LogP contribution in [0.15, 0.2) is 58.2 Å². The number of hydrogen-bond donors (Lipinski definition) is 1. The van der Waals surface area contributed by atoms with Crippen LogP contribution in [0.1, 0.15) is 22.9 Å². The number of benzene rings is 2. The standard InChI is InChI=1S/C18H11BrCl2FN3O2S/c19-17-11(2-1-3-14(17)22)18-12-9-23-24-15(12)6-7-25(18)28(26,27)16-5-4-10(20)8-13(16)21/h1-9,18H,(H,23,24). The molecule has 144 valence electrons. The fourth-order valence-electron chi connectivity index (χ4n) is 3.08. The summed E-state index contributed by atoms with van der Waals surface area (Å²) in [6, 6.07) is 7.77. The molecule has 1 aromatic heterocycles. The highest BCUT2D eigenvalue weighted by Crippen LogP contribution is 2.42. The highest BCUT2D eigenvalue weighted by Gasteiger charge is 2.37. The maximum absolute atomic E-state index is 14.2. The molecule has 3 aromatic rings. The van der Waals surface area contributed by atoms with Crippen molar-refractivity contribution < 1.29 is 12.8 Å². The minimum Gasteiger partial charge on any atom is -0.278 e. The van der Waals surface area contributed by atoms with Crippen LogP contribution in [0.25, 0.3) is 6.08 Å². The quantitative estimate of drug-likeness (QED) is 0.522. The summed E-state index contributed by atoms with van der Waals surface area (Å²) in [7, 11) is -4.09. The van der Waals surface area contributed by atoms with Crippen molar-refractivity contribution in [1.29, 1.82) is 0 Å². The predicted octanol–water partition coefficient (Wildman–Crippen LogP) is 5.38. The van der Waals surface area contributed by atoms with Gasteiger partial charge >= 0.3 is 0 Å². The molecule has 1 unspecified atom stereocenters. The Balaban J connectivity index is 1.93. The normalized spacial score (nSPS) is 16.3. The number of nitrogens with zero attached hydrogens (tertiary/aromatic N) is 2. The molecule has 2 aromatic carbocycles. The Hall–Kier alpha value is -1.87. The van der Waals surface area contributed by atoms with Crippen molar-refractivity contribution in [2.24, 2.45) is 0 Å². The van der Waals surface area contributed by atoms with Gasteiger partial charge in [0.15, 0.2) is 0 Å². The van der Waals surface area contributed by atoms with Crippen molar-refractivity contribution in [3.8, 4) is 0 Å². The van der Waals surface area contributed by atoms with Crippen LogP contribution in [-0.4, -0.2) is 22.9 Å². The third-order valence-corrected chi connectivity index (χ3v) is 7.66. The van der Waals surface area contributed by atoms with E-state index in [4.69, 9.17) is 23.2 Å². The van der Waals surface area contributed by atoms with Crippen LogP contribution in [0.2, 0.25) is 10.0 Å². The molecule has 4 rings (SSSR count). The third kappa shape index (κ3) is 3.14. The maximum atomic E-state index is 14.2. The van der Waals surface area contributed by atoms with Gasteiger partial charge in [-0.1, -0.05) is 35.3 Å². The van der Waals surface area contributed by atoms with Crippen molar-refractivity contribution >= 4 is 55.2 Å². The molecule has 28 heavy (non-hydrogen) atoms. The molecule has 1 atom stereocenters. The first-order valence-electron chi connectivity index (χ1n) is 7.94. The average molecular weight is 503 g/mol. The molecule has 0 saturated carbocycles. The van der Waals surface area contributed by atoms with E-state index < -0.39 is 21.9 Å². The van der Waals surface area contributed by atoms with Gasteiger partial charge < -0.3 is 0 Å². The van der Waals surface area contributed by atoms with Crippen LogP contribution in [0.3, 0.4) is 0 Å². The second-order valence-corrected chi connectivity index (χ2v) is 9.46. The topological polar surface area (TPSA) is 66.1 Å². The predicted molar refractivity (Wildman–Crippen MR) is 109 cm³/mol. The lowest BCUT2D eigenvalue weighted by atomic mass is 9.97. The van der Waals surface area contributed by atoms with E-state index in [1.54, 1.807) is 12.1 Å². The molecule has 0 saturated heterocycles. The van der Waals surface area contributed by atoms with E-state index in [1.807, 2.05) is 0 Å². The monoisotopic (exact) mass is 501 g/mol. The van der Waals surface area contributed by atoms with Crippen LogP contribution in [0.4, 0.5) is 4.39 Å². The highest BCUT2D eigenvalue weighted by atomic mass is 79.9. The van der Waals surface area contributed by atoms with Crippen LogP contribution in [0.5, 0.6) is 0 Å². The lowest BCUT2D eigenvalue weighted by Crippen LogP contribution is -2.33. The molecule has 0 aliphatic carbocycles. The van der Waals surface area contributed by atoms with Crippen LogP contribution < -0.4 is 0 Å². The highest BCUT2D eigenvalue weighted by molar-refractivity contribution is 9.10. The Labute approximate surface area is 179 Å². The fourth-order valence-corrected chi connectivity index (χ4v) is 5.76. The zero-order valence-electron chi connectivity index (χ0n) is 13.9. The first-order chi connectivity index (χ1) is 13.3. The Morgan fingerprint density at radius 2 is 1.96 bits per heavy atom. The van der Waals surface area contributed by atoms with E-state index >= 15 is 0 Å². The molecule has 0 bridgehead atoms. The van der Waals surface area contributed by atoms with Crippen molar-refractivity contribution in [2.45, 2.75) is 10.9 Å². The number of fused-ring (bicyclic) bond motifs is 1. The van der Waals surface area contributed by atoms with Crippen LogP contribution in [0, 0.1) is 5.82 Å². The van der Waals surface area contributed by atoms with Gasteiger partial charge in [-0.25, -0.2) is 12.8 Å². The van der Waals surface area contributed by atoms with Gasteiger partial charge in [0.05, 0.1) is 27.4 Å². The summed E-state index contributed by atoms with van der Waals surface area (Å²) < 4.78 is 42.4. The van der Waals surface area contributed by atoms with Crippen molar-refractivity contribution in [1.82, 2.24) is 14.5 Å². The molecule has 1 N–H and O–H groups in total. The molecular weight excluding hydrogens is 492 g/mol. The first-order valence-corrected chi connectivity index (χ1v) is 10.9. The van der Waals surface area contributed by atoms with Crippen LogP contribution in [-0.2, 0) is 10.0 Å². The van der Waals surface area contributed by atoms with Gasteiger partial charge in [0.25, 0.3) is 10.0 Å². The number of aromatic nitrogens is 2. The second-order valence-electron chi connectivity index (χ2n) is 6.01. The SMILES string of the molecule is O=S(=O)(c1ccc(Cl)cc1Cl)N1C=Cc2[nH]ncc2C1c1cccc(F)c1Br. The van der Waals surface area contributed by atoms with Crippen molar-refractivity contribution in [2.75, 3.05) is 0 Å². The Morgan fingerprint density at radius 3 is 2.71 bits per heavy atom. The molecular formula is C18H11BrCl2FN3O2S. The van der Waals surface area contributed by atoms with Crippen molar-refractivity contribution in [3.05, 3.63) is 86.0 Å². The summed E-state index contributed by atoms with van der Waals surface area (Å²) in [5.41, 5.74) is 1.65. The van der Waals surface area contributed by atoms with E-state index in [-0.39, 0.29) is 14.4 Å². The van der Waals surface area contributed by atoms with E-state index in [1.165, 1.54) is 42.7 Å². The minimum atomic E-state index is -4.09. The zero-order chi connectivity index (χ0) is 20.1. The number of nitrogens with one attached hydrogen (secondary N) is 1. The molecule has 0 fully saturated rings. The molecule has 0 radical (unpaired) electrons. The average Bonchev–Trinajstić information content (AvgIpc) is 3.12. The van der Waals surface area contributed by atoms with Gasteiger partial charge in [-0.3, -0.25) is 9.40 Å². The van der Waals surface area contributed by atoms with E-state index in [2.05, 4.69) is 26.1 Å².